The van der Waals surface area contributed by atoms with Crippen LogP contribution in [-0.4, -0.2) is 53.5 Å². The highest BCUT2D eigenvalue weighted by Crippen LogP contribution is 2.14. The van der Waals surface area contributed by atoms with E-state index < -0.39 is 0 Å². The lowest BCUT2D eigenvalue weighted by molar-refractivity contribution is -0.121. The van der Waals surface area contributed by atoms with Gasteiger partial charge in [-0.15, -0.1) is 0 Å². The highest BCUT2D eigenvalue weighted by Gasteiger charge is 2.19. The zero-order valence-corrected chi connectivity index (χ0v) is 14.8. The number of hydrogen-bond acceptors (Lipinski definition) is 5. The summed E-state index contributed by atoms with van der Waals surface area (Å²) in [5, 5.41) is 3.62. The molecule has 1 saturated heterocycles. The molecule has 1 aromatic carbocycles. The molecule has 1 amide bonds. The lowest BCUT2D eigenvalue weighted by Gasteiger charge is -2.34. The van der Waals surface area contributed by atoms with Crippen LogP contribution in [-0.2, 0) is 11.3 Å². The minimum Gasteiger partial charge on any atom is -0.352 e. The second kappa shape index (κ2) is 8.78. The summed E-state index contributed by atoms with van der Waals surface area (Å²) >= 11 is 6.10. The summed E-state index contributed by atoms with van der Waals surface area (Å²) in [5.74, 6) is 0.827. The molecule has 0 spiro atoms. The average molecular weight is 360 g/mol. The Morgan fingerprint density at radius 1 is 1.08 bits per heavy atom. The van der Waals surface area contributed by atoms with Crippen LogP contribution in [0.2, 0.25) is 5.02 Å². The fourth-order valence-electron chi connectivity index (χ4n) is 2.81. The Bertz CT molecular complexity index is 689. The van der Waals surface area contributed by atoms with Crippen LogP contribution in [0.1, 0.15) is 12.0 Å². The van der Waals surface area contributed by atoms with Crippen molar-refractivity contribution in [2.45, 2.75) is 13.0 Å². The molecule has 0 radical (unpaired) electrons. The largest absolute Gasteiger partial charge is 0.352 e. The summed E-state index contributed by atoms with van der Waals surface area (Å²) < 4.78 is 0. The summed E-state index contributed by atoms with van der Waals surface area (Å²) in [6, 6.07) is 9.38. The van der Waals surface area contributed by atoms with E-state index in [1.54, 1.807) is 12.4 Å². The number of rotatable bonds is 6. The maximum atomic E-state index is 12.0. The summed E-state index contributed by atoms with van der Waals surface area (Å²) in [6.45, 7) is 4.82. The molecule has 25 heavy (non-hydrogen) atoms. The molecule has 6 nitrogen and oxygen atoms in total. The SMILES string of the molecule is O=C(CCN1CCN(c2ncccn2)CC1)NCc1ccccc1Cl. The first-order chi connectivity index (χ1) is 12.2. The molecule has 7 heteroatoms. The lowest BCUT2D eigenvalue weighted by Crippen LogP contribution is -2.47. The number of benzene rings is 1. The number of piperazine rings is 1. The van der Waals surface area contributed by atoms with Gasteiger partial charge in [-0.25, -0.2) is 9.97 Å². The topological polar surface area (TPSA) is 61.4 Å². The fraction of sp³-hybridized carbons (Fsp3) is 0.389. The normalized spacial score (nSPS) is 15.2. The predicted molar refractivity (Wildman–Crippen MR) is 98.6 cm³/mol. The Kier molecular flexibility index (Phi) is 6.19. The van der Waals surface area contributed by atoms with Crippen molar-refractivity contribution in [2.75, 3.05) is 37.6 Å². The summed E-state index contributed by atoms with van der Waals surface area (Å²) in [4.78, 5) is 25.1. The van der Waals surface area contributed by atoms with Gasteiger partial charge in [0.1, 0.15) is 0 Å². The van der Waals surface area contributed by atoms with E-state index in [4.69, 9.17) is 11.6 Å². The minimum absolute atomic E-state index is 0.0498. The van der Waals surface area contributed by atoms with E-state index in [1.165, 1.54) is 0 Å². The first kappa shape index (κ1) is 17.6. The first-order valence-corrected chi connectivity index (χ1v) is 8.84. The Hall–Kier alpha value is -2.18. The number of carbonyl (C=O) groups excluding carboxylic acids is 1. The van der Waals surface area contributed by atoms with Crippen LogP contribution in [0.3, 0.4) is 0 Å². The number of aromatic nitrogens is 2. The molecule has 0 saturated carbocycles. The third kappa shape index (κ3) is 5.14. The highest BCUT2D eigenvalue weighted by atomic mass is 35.5. The smallest absolute Gasteiger partial charge is 0.225 e. The zero-order valence-electron chi connectivity index (χ0n) is 14.1. The van der Waals surface area contributed by atoms with Crippen LogP contribution in [0, 0.1) is 0 Å². The van der Waals surface area contributed by atoms with Crippen molar-refractivity contribution in [3.8, 4) is 0 Å². The number of carbonyl (C=O) groups is 1. The standard InChI is InChI=1S/C18H22ClN5O/c19-16-5-2-1-4-15(16)14-22-17(25)6-9-23-10-12-24(13-11-23)18-20-7-3-8-21-18/h1-5,7-8H,6,9-14H2,(H,22,25). The average Bonchev–Trinajstić information content (AvgIpc) is 2.67. The van der Waals surface area contributed by atoms with Crippen molar-refractivity contribution >= 4 is 23.5 Å². The van der Waals surface area contributed by atoms with Gasteiger partial charge in [-0.3, -0.25) is 9.69 Å². The number of nitrogens with one attached hydrogen (secondary N) is 1. The molecular weight excluding hydrogens is 338 g/mol. The van der Waals surface area contributed by atoms with Gasteiger partial charge in [0.2, 0.25) is 11.9 Å². The number of anilines is 1. The number of amides is 1. The number of halogens is 1. The molecule has 2 aromatic rings. The molecular formula is C18H22ClN5O. The molecule has 3 rings (SSSR count). The Labute approximate surface area is 152 Å². The molecule has 0 atom stereocenters. The third-order valence-electron chi connectivity index (χ3n) is 4.30. The second-order valence-corrected chi connectivity index (χ2v) is 6.40. The monoisotopic (exact) mass is 359 g/mol. The maximum Gasteiger partial charge on any atom is 0.225 e. The molecule has 2 heterocycles. The van der Waals surface area contributed by atoms with Crippen LogP contribution < -0.4 is 10.2 Å². The Morgan fingerprint density at radius 3 is 2.52 bits per heavy atom. The Morgan fingerprint density at radius 2 is 1.80 bits per heavy atom. The van der Waals surface area contributed by atoms with Gasteiger partial charge in [-0.05, 0) is 17.7 Å². The van der Waals surface area contributed by atoms with Gasteiger partial charge in [0.25, 0.3) is 0 Å². The van der Waals surface area contributed by atoms with Crippen LogP contribution in [0.4, 0.5) is 5.95 Å². The molecule has 1 aliphatic rings. The summed E-state index contributed by atoms with van der Waals surface area (Å²) in [5.41, 5.74) is 0.939. The van der Waals surface area contributed by atoms with E-state index in [-0.39, 0.29) is 5.91 Å². The summed E-state index contributed by atoms with van der Waals surface area (Å²) in [7, 11) is 0. The number of nitrogens with zero attached hydrogens (tertiary/aromatic N) is 4. The van der Waals surface area contributed by atoms with E-state index in [0.717, 1.165) is 44.2 Å². The van der Waals surface area contributed by atoms with Crippen LogP contribution in [0.5, 0.6) is 0 Å². The van der Waals surface area contributed by atoms with E-state index >= 15 is 0 Å². The van der Waals surface area contributed by atoms with E-state index in [1.807, 2.05) is 30.3 Å². The van der Waals surface area contributed by atoms with E-state index in [0.29, 0.717) is 18.0 Å². The van der Waals surface area contributed by atoms with Crippen molar-refractivity contribution in [1.82, 2.24) is 20.2 Å². The van der Waals surface area contributed by atoms with Gasteiger partial charge in [-0.1, -0.05) is 29.8 Å². The van der Waals surface area contributed by atoms with Crippen molar-refractivity contribution in [1.29, 1.82) is 0 Å². The van der Waals surface area contributed by atoms with Gasteiger partial charge in [-0.2, -0.15) is 0 Å². The van der Waals surface area contributed by atoms with Crippen molar-refractivity contribution < 1.29 is 4.79 Å². The third-order valence-corrected chi connectivity index (χ3v) is 4.66. The molecule has 132 valence electrons. The van der Waals surface area contributed by atoms with Gasteiger partial charge < -0.3 is 10.2 Å². The Balaban J connectivity index is 1.37. The van der Waals surface area contributed by atoms with Crippen molar-refractivity contribution in [3.63, 3.8) is 0 Å². The fourth-order valence-corrected chi connectivity index (χ4v) is 3.01. The second-order valence-electron chi connectivity index (χ2n) is 6.00. The van der Waals surface area contributed by atoms with Crippen LogP contribution in [0.25, 0.3) is 0 Å². The highest BCUT2D eigenvalue weighted by molar-refractivity contribution is 6.31. The van der Waals surface area contributed by atoms with Gasteiger partial charge in [0.15, 0.2) is 0 Å². The van der Waals surface area contributed by atoms with Crippen molar-refractivity contribution in [2.24, 2.45) is 0 Å². The predicted octanol–water partition coefficient (Wildman–Crippen LogP) is 1.96. The van der Waals surface area contributed by atoms with Gasteiger partial charge in [0.05, 0.1) is 0 Å². The molecule has 0 unspecified atom stereocenters. The first-order valence-electron chi connectivity index (χ1n) is 8.47. The number of hydrogen-bond donors (Lipinski definition) is 1. The molecule has 0 aliphatic carbocycles. The maximum absolute atomic E-state index is 12.0. The van der Waals surface area contributed by atoms with E-state index in [2.05, 4.69) is 25.1 Å². The quantitative estimate of drug-likeness (QED) is 0.854. The van der Waals surface area contributed by atoms with Crippen molar-refractivity contribution in [3.05, 3.63) is 53.3 Å². The molecule has 1 N–H and O–H groups in total. The molecule has 0 bridgehead atoms. The summed E-state index contributed by atoms with van der Waals surface area (Å²) in [6.07, 6.45) is 4.02. The molecule has 1 fully saturated rings. The van der Waals surface area contributed by atoms with E-state index in [9.17, 15) is 4.79 Å². The van der Waals surface area contributed by atoms with Crippen LogP contribution >= 0.6 is 11.6 Å². The zero-order chi connectivity index (χ0) is 17.5. The van der Waals surface area contributed by atoms with Crippen LogP contribution in [0.15, 0.2) is 42.7 Å². The molecule has 1 aliphatic heterocycles. The molecule has 1 aromatic heterocycles. The van der Waals surface area contributed by atoms with Gasteiger partial charge >= 0.3 is 0 Å². The van der Waals surface area contributed by atoms with Gasteiger partial charge in [0, 0.05) is 63.1 Å². The minimum atomic E-state index is 0.0498. The lowest BCUT2D eigenvalue weighted by atomic mass is 10.2.